The molecule has 0 fully saturated rings. The lowest BCUT2D eigenvalue weighted by atomic mass is 10.1. The van der Waals surface area contributed by atoms with Gasteiger partial charge in [0.1, 0.15) is 0 Å². The van der Waals surface area contributed by atoms with E-state index in [1.807, 2.05) is 0 Å². The molecule has 0 amide bonds. The molecule has 0 saturated carbocycles. The molecular formula is C27H59NO2S. The molecule has 0 radical (unpaired) electrons. The van der Waals surface area contributed by atoms with Gasteiger partial charge in [0, 0.05) is 13.2 Å². The van der Waals surface area contributed by atoms with Gasteiger partial charge < -0.3 is 14.4 Å². The molecule has 0 aliphatic heterocycles. The summed E-state index contributed by atoms with van der Waals surface area (Å²) in [7, 11) is 2.23. The standard InChI is InChI=1S/C14H31NO.C13H28OS/c1-13(2)9-8-11-15(5)10-6-7-12-16-14(3)4;1-12(2)8-7-11-15-10-6-5-9-14-13(3)4/h13-14H,6-12H2,1-5H3;12-13H,5-11H2,1-4H3. The Morgan fingerprint density at radius 2 is 1.03 bits per heavy atom. The first-order valence-corrected chi connectivity index (χ1v) is 14.3. The van der Waals surface area contributed by atoms with Crippen molar-refractivity contribution in [2.45, 2.75) is 119 Å². The van der Waals surface area contributed by atoms with E-state index in [1.54, 1.807) is 0 Å². The Morgan fingerprint density at radius 1 is 0.581 bits per heavy atom. The van der Waals surface area contributed by atoms with Crippen LogP contribution in [-0.2, 0) is 9.47 Å². The van der Waals surface area contributed by atoms with E-state index < -0.39 is 0 Å². The average molecular weight is 462 g/mol. The summed E-state index contributed by atoms with van der Waals surface area (Å²) in [6.45, 7) is 21.9. The average Bonchev–Trinajstić information content (AvgIpc) is 2.66. The van der Waals surface area contributed by atoms with E-state index in [1.165, 1.54) is 76.0 Å². The van der Waals surface area contributed by atoms with Crippen molar-refractivity contribution in [2.75, 3.05) is 44.9 Å². The highest BCUT2D eigenvalue weighted by Crippen LogP contribution is 2.11. The highest BCUT2D eigenvalue weighted by Gasteiger charge is 2.00. The molecule has 0 aromatic heterocycles. The van der Waals surface area contributed by atoms with Gasteiger partial charge in [-0.2, -0.15) is 11.8 Å². The Kier molecular flexibility index (Phi) is 26.8. The molecule has 3 nitrogen and oxygen atoms in total. The fraction of sp³-hybridized carbons (Fsp3) is 1.00. The number of thioether (sulfide) groups is 1. The zero-order chi connectivity index (χ0) is 23.9. The topological polar surface area (TPSA) is 21.7 Å². The molecular weight excluding hydrogens is 402 g/mol. The smallest absolute Gasteiger partial charge is 0.0518 e. The second kappa shape index (κ2) is 24.9. The highest BCUT2D eigenvalue weighted by atomic mass is 32.2. The second-order valence-corrected chi connectivity index (χ2v) is 11.5. The Bertz CT molecular complexity index is 321. The minimum absolute atomic E-state index is 0.378. The van der Waals surface area contributed by atoms with Crippen LogP contribution >= 0.6 is 11.8 Å². The Morgan fingerprint density at radius 3 is 1.55 bits per heavy atom. The summed E-state index contributed by atoms with van der Waals surface area (Å²) in [5, 5.41) is 0. The Balaban J connectivity index is 0. The summed E-state index contributed by atoms with van der Waals surface area (Å²) in [6.07, 6.45) is 11.2. The number of unbranched alkanes of at least 4 members (excludes halogenated alkanes) is 2. The van der Waals surface area contributed by atoms with Crippen molar-refractivity contribution in [2.24, 2.45) is 11.8 Å². The van der Waals surface area contributed by atoms with Gasteiger partial charge in [-0.15, -0.1) is 0 Å². The quantitative estimate of drug-likeness (QED) is 0.172. The first kappa shape index (κ1) is 33.4. The van der Waals surface area contributed by atoms with Crippen molar-refractivity contribution >= 4 is 11.8 Å². The van der Waals surface area contributed by atoms with Crippen molar-refractivity contribution in [3.63, 3.8) is 0 Å². The van der Waals surface area contributed by atoms with E-state index in [4.69, 9.17) is 9.47 Å². The predicted molar refractivity (Wildman–Crippen MR) is 144 cm³/mol. The van der Waals surface area contributed by atoms with Crippen molar-refractivity contribution < 1.29 is 9.47 Å². The zero-order valence-corrected chi connectivity index (χ0v) is 23.7. The van der Waals surface area contributed by atoms with E-state index in [2.05, 4.69) is 79.1 Å². The van der Waals surface area contributed by atoms with Crippen LogP contribution < -0.4 is 0 Å². The molecule has 0 heterocycles. The van der Waals surface area contributed by atoms with Crippen LogP contribution in [0.2, 0.25) is 0 Å². The molecule has 0 aliphatic carbocycles. The third-order valence-electron chi connectivity index (χ3n) is 4.91. The summed E-state index contributed by atoms with van der Waals surface area (Å²) >= 11 is 2.10. The van der Waals surface area contributed by atoms with E-state index >= 15 is 0 Å². The molecule has 0 aromatic carbocycles. The summed E-state index contributed by atoms with van der Waals surface area (Å²) in [4.78, 5) is 2.44. The lowest BCUT2D eigenvalue weighted by Gasteiger charge is -2.17. The maximum atomic E-state index is 5.52. The van der Waals surface area contributed by atoms with Crippen LogP contribution in [0.25, 0.3) is 0 Å². The Hall–Kier alpha value is 0.230. The number of ether oxygens (including phenoxy) is 2. The highest BCUT2D eigenvalue weighted by molar-refractivity contribution is 7.99. The number of hydrogen-bond donors (Lipinski definition) is 0. The summed E-state index contributed by atoms with van der Waals surface area (Å²) in [6, 6.07) is 0. The van der Waals surface area contributed by atoms with Crippen LogP contribution in [0.3, 0.4) is 0 Å². The molecule has 0 N–H and O–H groups in total. The first-order valence-electron chi connectivity index (χ1n) is 13.1. The predicted octanol–water partition coefficient (Wildman–Crippen LogP) is 7.92. The lowest BCUT2D eigenvalue weighted by Crippen LogP contribution is -2.21. The lowest BCUT2D eigenvalue weighted by molar-refractivity contribution is 0.0746. The van der Waals surface area contributed by atoms with Crippen LogP contribution in [0.15, 0.2) is 0 Å². The molecule has 4 heteroatoms. The molecule has 0 saturated heterocycles. The van der Waals surface area contributed by atoms with Gasteiger partial charge in [0.15, 0.2) is 0 Å². The fourth-order valence-electron chi connectivity index (χ4n) is 3.01. The molecule has 0 atom stereocenters. The Labute approximate surface area is 201 Å². The fourth-order valence-corrected chi connectivity index (χ4v) is 3.99. The maximum absolute atomic E-state index is 5.52. The van der Waals surface area contributed by atoms with Gasteiger partial charge in [-0.1, -0.05) is 34.1 Å². The van der Waals surface area contributed by atoms with Gasteiger partial charge in [-0.3, -0.25) is 0 Å². The van der Waals surface area contributed by atoms with Gasteiger partial charge >= 0.3 is 0 Å². The maximum Gasteiger partial charge on any atom is 0.0518 e. The van der Waals surface area contributed by atoms with Crippen molar-refractivity contribution in [1.29, 1.82) is 0 Å². The van der Waals surface area contributed by atoms with Crippen LogP contribution in [0.5, 0.6) is 0 Å². The first-order chi connectivity index (χ1) is 14.6. The molecule has 0 bridgehead atoms. The number of nitrogens with zero attached hydrogens (tertiary/aromatic N) is 1. The van der Waals surface area contributed by atoms with Crippen LogP contribution in [0.1, 0.15) is 107 Å². The molecule has 31 heavy (non-hydrogen) atoms. The van der Waals surface area contributed by atoms with Gasteiger partial charge in [0.05, 0.1) is 12.2 Å². The monoisotopic (exact) mass is 461 g/mol. The summed E-state index contributed by atoms with van der Waals surface area (Å²) < 4.78 is 11.0. The number of hydrogen-bond acceptors (Lipinski definition) is 4. The van der Waals surface area contributed by atoms with Gasteiger partial charge in [0.25, 0.3) is 0 Å². The van der Waals surface area contributed by atoms with Crippen LogP contribution in [-0.4, -0.2) is 62.0 Å². The molecule has 0 spiro atoms. The second-order valence-electron chi connectivity index (χ2n) is 10.2. The third-order valence-corrected chi connectivity index (χ3v) is 6.07. The van der Waals surface area contributed by atoms with Gasteiger partial charge in [0.2, 0.25) is 0 Å². The normalized spacial score (nSPS) is 11.8. The van der Waals surface area contributed by atoms with Crippen molar-refractivity contribution in [3.8, 4) is 0 Å². The molecule has 0 aromatic rings. The molecule has 0 unspecified atom stereocenters. The third kappa shape index (κ3) is 35.0. The minimum atomic E-state index is 0.378. The zero-order valence-electron chi connectivity index (χ0n) is 22.9. The van der Waals surface area contributed by atoms with Gasteiger partial charge in [-0.25, -0.2) is 0 Å². The van der Waals surface area contributed by atoms with E-state index in [0.29, 0.717) is 12.2 Å². The summed E-state index contributed by atoms with van der Waals surface area (Å²) in [5.74, 6) is 4.35. The summed E-state index contributed by atoms with van der Waals surface area (Å²) in [5.41, 5.74) is 0. The molecule has 190 valence electrons. The minimum Gasteiger partial charge on any atom is -0.379 e. The van der Waals surface area contributed by atoms with E-state index in [9.17, 15) is 0 Å². The number of rotatable bonds is 20. The van der Waals surface area contributed by atoms with Gasteiger partial charge in [-0.05, 0) is 116 Å². The van der Waals surface area contributed by atoms with E-state index in [0.717, 1.165) is 25.0 Å². The SMILES string of the molecule is CC(C)CCCN(C)CCCCOC(C)C.CC(C)CCCSCCCCOC(C)C. The van der Waals surface area contributed by atoms with Crippen LogP contribution in [0.4, 0.5) is 0 Å². The molecule has 0 aliphatic rings. The van der Waals surface area contributed by atoms with E-state index in [-0.39, 0.29) is 0 Å². The van der Waals surface area contributed by atoms with Crippen LogP contribution in [0, 0.1) is 11.8 Å². The van der Waals surface area contributed by atoms with Crippen molar-refractivity contribution in [3.05, 3.63) is 0 Å². The van der Waals surface area contributed by atoms with Crippen molar-refractivity contribution in [1.82, 2.24) is 4.90 Å². The molecule has 0 rings (SSSR count). The largest absolute Gasteiger partial charge is 0.379 e.